The number of carbonyl (C=O) groups is 2. The van der Waals surface area contributed by atoms with Crippen molar-refractivity contribution in [2.24, 2.45) is 5.92 Å². The Kier molecular flexibility index (Phi) is 6.11. The first-order valence-electron chi connectivity index (χ1n) is 8.20. The van der Waals surface area contributed by atoms with Crippen molar-refractivity contribution >= 4 is 40.3 Å². The van der Waals surface area contributed by atoms with E-state index in [2.05, 4.69) is 27.9 Å². The molecule has 1 fully saturated rings. The van der Waals surface area contributed by atoms with Gasteiger partial charge in [-0.2, -0.15) is 0 Å². The maximum Gasteiger partial charge on any atom is 0.410 e. The number of carbonyl (C=O) groups excluding carboxylic acids is 2. The number of hydrogen-bond acceptors (Lipinski definition) is 3. The summed E-state index contributed by atoms with van der Waals surface area (Å²) in [5.41, 5.74) is 1.48. The predicted molar refractivity (Wildman–Crippen MR) is 103 cm³/mol. The summed E-state index contributed by atoms with van der Waals surface area (Å²) in [5, 5.41) is 2.99. The van der Waals surface area contributed by atoms with Crippen molar-refractivity contribution in [3.05, 3.63) is 27.3 Å². The molecule has 0 saturated carbocycles. The second kappa shape index (κ2) is 7.72. The van der Waals surface area contributed by atoms with Crippen LogP contribution in [0.1, 0.15) is 39.2 Å². The monoisotopic (exact) mass is 444 g/mol. The van der Waals surface area contributed by atoms with Gasteiger partial charge in [-0.15, -0.1) is 0 Å². The van der Waals surface area contributed by atoms with E-state index in [0.29, 0.717) is 25.9 Å². The summed E-state index contributed by atoms with van der Waals surface area (Å²) in [4.78, 5) is 26.2. The van der Waals surface area contributed by atoms with Crippen LogP contribution in [0.25, 0.3) is 0 Å². The maximum absolute atomic E-state index is 12.4. The van der Waals surface area contributed by atoms with E-state index in [1.165, 1.54) is 3.57 Å². The van der Waals surface area contributed by atoms with Crippen molar-refractivity contribution in [3.63, 3.8) is 0 Å². The van der Waals surface area contributed by atoms with Crippen molar-refractivity contribution in [2.45, 2.75) is 46.1 Å². The van der Waals surface area contributed by atoms with Gasteiger partial charge in [0.25, 0.3) is 0 Å². The molecule has 0 atom stereocenters. The van der Waals surface area contributed by atoms with E-state index in [0.717, 1.165) is 11.3 Å². The fraction of sp³-hybridized carbons (Fsp3) is 0.556. The number of likely N-dealkylation sites (tertiary alicyclic amines) is 1. The van der Waals surface area contributed by atoms with Gasteiger partial charge in [0.15, 0.2) is 0 Å². The number of nitrogens with one attached hydrogen (secondary N) is 1. The Morgan fingerprint density at radius 3 is 2.42 bits per heavy atom. The lowest BCUT2D eigenvalue weighted by molar-refractivity contribution is -0.121. The van der Waals surface area contributed by atoms with Gasteiger partial charge in [0.05, 0.1) is 0 Å². The summed E-state index contributed by atoms with van der Waals surface area (Å²) in [6, 6.07) is 5.90. The maximum atomic E-state index is 12.4. The minimum absolute atomic E-state index is 0.0273. The van der Waals surface area contributed by atoms with E-state index >= 15 is 0 Å². The van der Waals surface area contributed by atoms with E-state index in [4.69, 9.17) is 4.74 Å². The van der Waals surface area contributed by atoms with Gasteiger partial charge >= 0.3 is 6.09 Å². The molecule has 0 aliphatic carbocycles. The van der Waals surface area contributed by atoms with Gasteiger partial charge in [0.2, 0.25) is 5.91 Å². The summed E-state index contributed by atoms with van der Waals surface area (Å²) < 4.78 is 6.56. The number of halogens is 1. The molecule has 2 amide bonds. The normalized spacial score (nSPS) is 16.0. The van der Waals surface area contributed by atoms with Crippen LogP contribution >= 0.6 is 22.6 Å². The number of amides is 2. The quantitative estimate of drug-likeness (QED) is 0.697. The molecule has 2 rings (SSSR count). The average molecular weight is 444 g/mol. The van der Waals surface area contributed by atoms with E-state index in [1.54, 1.807) is 4.90 Å². The molecular formula is C18H25IN2O3. The van der Waals surface area contributed by atoms with Gasteiger partial charge in [-0.05, 0) is 86.9 Å². The number of rotatable bonds is 2. The molecule has 0 spiro atoms. The minimum atomic E-state index is -0.492. The third-order valence-corrected chi connectivity index (χ3v) is 5.15. The first-order valence-corrected chi connectivity index (χ1v) is 9.28. The largest absolute Gasteiger partial charge is 0.444 e. The van der Waals surface area contributed by atoms with Crippen LogP contribution in [0.5, 0.6) is 0 Å². The molecule has 0 unspecified atom stereocenters. The Labute approximate surface area is 157 Å². The lowest BCUT2D eigenvalue weighted by atomic mass is 9.96. The van der Waals surface area contributed by atoms with Crippen LogP contribution in [0.3, 0.4) is 0 Å². The number of aryl methyl sites for hydroxylation is 1. The molecule has 1 N–H and O–H groups in total. The molecule has 0 aromatic heterocycles. The third kappa shape index (κ3) is 5.36. The first kappa shape index (κ1) is 19.0. The Hall–Kier alpha value is -1.31. The molecule has 1 aromatic rings. The summed E-state index contributed by atoms with van der Waals surface area (Å²) >= 11 is 2.27. The van der Waals surface area contributed by atoms with Crippen molar-refractivity contribution in [3.8, 4) is 0 Å². The molecule has 1 aliphatic heterocycles. The second-order valence-electron chi connectivity index (χ2n) is 7.19. The van der Waals surface area contributed by atoms with Crippen LogP contribution in [-0.4, -0.2) is 35.6 Å². The highest BCUT2D eigenvalue weighted by Crippen LogP contribution is 2.22. The third-order valence-electron chi connectivity index (χ3n) is 3.94. The highest BCUT2D eigenvalue weighted by molar-refractivity contribution is 14.1. The summed E-state index contributed by atoms with van der Waals surface area (Å²) in [6.45, 7) is 8.70. The van der Waals surface area contributed by atoms with Crippen LogP contribution in [0.2, 0.25) is 0 Å². The van der Waals surface area contributed by atoms with E-state index in [9.17, 15) is 9.59 Å². The first-order chi connectivity index (χ1) is 11.2. The Balaban J connectivity index is 1.86. The average Bonchev–Trinajstić information content (AvgIpc) is 2.49. The standard InChI is InChI=1S/C18H25IN2O3/c1-12-11-14(5-6-15(12)19)20-16(22)13-7-9-21(10-8-13)17(23)24-18(2,3)4/h5-6,11,13H,7-10H2,1-4H3,(H,20,22). The molecule has 1 heterocycles. The van der Waals surface area contributed by atoms with E-state index < -0.39 is 5.60 Å². The summed E-state index contributed by atoms with van der Waals surface area (Å²) in [6.07, 6.45) is 1.03. The lowest BCUT2D eigenvalue weighted by Gasteiger charge is -2.32. The fourth-order valence-corrected chi connectivity index (χ4v) is 2.95. The van der Waals surface area contributed by atoms with E-state index in [1.807, 2.05) is 45.9 Å². The number of hydrogen-bond donors (Lipinski definition) is 1. The van der Waals surface area contributed by atoms with Gasteiger partial charge in [0, 0.05) is 28.3 Å². The molecule has 0 bridgehead atoms. The molecular weight excluding hydrogens is 419 g/mol. The number of ether oxygens (including phenoxy) is 1. The molecule has 1 aliphatic rings. The number of nitrogens with zero attached hydrogens (tertiary/aromatic N) is 1. The smallest absolute Gasteiger partial charge is 0.410 e. The summed E-state index contributed by atoms with van der Waals surface area (Å²) in [5.74, 6) is -0.0392. The van der Waals surface area contributed by atoms with Gasteiger partial charge in [-0.1, -0.05) is 0 Å². The molecule has 5 nitrogen and oxygen atoms in total. The van der Waals surface area contributed by atoms with Crippen LogP contribution in [0.15, 0.2) is 18.2 Å². The van der Waals surface area contributed by atoms with Crippen molar-refractivity contribution in [1.29, 1.82) is 0 Å². The predicted octanol–water partition coefficient (Wildman–Crippen LogP) is 4.19. The molecule has 1 aromatic carbocycles. The fourth-order valence-electron chi connectivity index (χ4n) is 2.62. The zero-order chi connectivity index (χ0) is 17.9. The van der Waals surface area contributed by atoms with Crippen molar-refractivity contribution in [1.82, 2.24) is 4.90 Å². The zero-order valence-corrected chi connectivity index (χ0v) is 16.8. The van der Waals surface area contributed by atoms with Crippen LogP contribution in [0, 0.1) is 16.4 Å². The molecule has 0 radical (unpaired) electrons. The number of benzene rings is 1. The Bertz CT molecular complexity index is 617. The SMILES string of the molecule is Cc1cc(NC(=O)C2CCN(C(=O)OC(C)(C)C)CC2)ccc1I. The number of anilines is 1. The van der Waals surface area contributed by atoms with Crippen LogP contribution in [0.4, 0.5) is 10.5 Å². The molecule has 132 valence electrons. The Morgan fingerprint density at radius 2 is 1.88 bits per heavy atom. The van der Waals surface area contributed by atoms with Gasteiger partial charge in [-0.25, -0.2) is 4.79 Å². The Morgan fingerprint density at radius 1 is 1.25 bits per heavy atom. The second-order valence-corrected chi connectivity index (χ2v) is 8.36. The zero-order valence-electron chi connectivity index (χ0n) is 14.7. The molecule has 6 heteroatoms. The van der Waals surface area contributed by atoms with Crippen molar-refractivity contribution in [2.75, 3.05) is 18.4 Å². The van der Waals surface area contributed by atoms with Gasteiger partial charge < -0.3 is 15.0 Å². The van der Waals surface area contributed by atoms with Gasteiger partial charge in [-0.3, -0.25) is 4.79 Å². The lowest BCUT2D eigenvalue weighted by Crippen LogP contribution is -2.43. The number of piperidine rings is 1. The minimum Gasteiger partial charge on any atom is -0.444 e. The van der Waals surface area contributed by atoms with Crippen LogP contribution < -0.4 is 5.32 Å². The molecule has 1 saturated heterocycles. The van der Waals surface area contributed by atoms with Crippen LogP contribution in [-0.2, 0) is 9.53 Å². The highest BCUT2D eigenvalue weighted by atomic mass is 127. The topological polar surface area (TPSA) is 58.6 Å². The van der Waals surface area contributed by atoms with E-state index in [-0.39, 0.29) is 17.9 Å². The molecule has 24 heavy (non-hydrogen) atoms. The van der Waals surface area contributed by atoms with Gasteiger partial charge in [0.1, 0.15) is 5.60 Å². The highest BCUT2D eigenvalue weighted by Gasteiger charge is 2.29. The van der Waals surface area contributed by atoms with Crippen molar-refractivity contribution < 1.29 is 14.3 Å². The summed E-state index contributed by atoms with van der Waals surface area (Å²) in [7, 11) is 0.